The van der Waals surface area contributed by atoms with E-state index in [0.717, 1.165) is 0 Å². The predicted molar refractivity (Wildman–Crippen MR) is 95.6 cm³/mol. The fourth-order valence-corrected chi connectivity index (χ4v) is 2.55. The summed E-state index contributed by atoms with van der Waals surface area (Å²) < 4.78 is 19.4. The zero-order valence-corrected chi connectivity index (χ0v) is 14.0. The van der Waals surface area contributed by atoms with Crippen molar-refractivity contribution in [1.29, 1.82) is 0 Å². The van der Waals surface area contributed by atoms with Crippen molar-refractivity contribution in [3.8, 4) is 17.0 Å². The molecule has 3 rings (SSSR count). The molecule has 1 aromatic heterocycles. The van der Waals surface area contributed by atoms with E-state index in [1.807, 2.05) is 0 Å². The van der Waals surface area contributed by atoms with Gasteiger partial charge in [0.25, 0.3) is 5.91 Å². The molecule has 2 aromatic carbocycles. The quantitative estimate of drug-likeness (QED) is 0.730. The highest BCUT2D eigenvalue weighted by atomic mass is 35.5. The number of amides is 1. The maximum Gasteiger partial charge on any atom is 0.258 e. The summed E-state index contributed by atoms with van der Waals surface area (Å²) in [4.78, 5) is 16.4. The molecule has 0 saturated heterocycles. The van der Waals surface area contributed by atoms with Crippen LogP contribution in [0.15, 0.2) is 60.8 Å². The number of hydrogen-bond donors (Lipinski definition) is 1. The second-order valence-corrected chi connectivity index (χ2v) is 5.62. The Bertz CT molecular complexity index is 914. The van der Waals surface area contributed by atoms with Crippen LogP contribution in [0.4, 0.5) is 10.1 Å². The number of benzene rings is 2. The third-order valence-corrected chi connectivity index (χ3v) is 3.90. The summed E-state index contributed by atoms with van der Waals surface area (Å²) in [5.74, 6) is -0.521. The summed E-state index contributed by atoms with van der Waals surface area (Å²) in [5, 5.41) is 3.06. The molecule has 0 aliphatic heterocycles. The molecule has 1 N–H and O–H groups in total. The summed E-state index contributed by atoms with van der Waals surface area (Å²) in [5.41, 5.74) is 1.45. The SMILES string of the molecule is COc1ccc(NC(=O)c2ccc(-c3ncccc3Cl)cc2F)cc1. The zero-order valence-electron chi connectivity index (χ0n) is 13.3. The van der Waals surface area contributed by atoms with Gasteiger partial charge in [-0.05, 0) is 48.5 Å². The number of nitrogens with zero attached hydrogens (tertiary/aromatic N) is 1. The highest BCUT2D eigenvalue weighted by Gasteiger charge is 2.14. The molecule has 0 spiro atoms. The standard InChI is InChI=1S/C19H14ClFN2O2/c1-25-14-7-5-13(6-8-14)23-19(24)15-9-4-12(11-17(15)21)18-16(20)3-2-10-22-18/h2-11H,1H3,(H,23,24). The average molecular weight is 357 g/mol. The number of ether oxygens (including phenoxy) is 1. The van der Waals surface area contributed by atoms with Gasteiger partial charge in [0.05, 0.1) is 23.4 Å². The Hall–Kier alpha value is -2.92. The monoisotopic (exact) mass is 356 g/mol. The normalized spacial score (nSPS) is 10.4. The van der Waals surface area contributed by atoms with Crippen LogP contribution in [-0.2, 0) is 0 Å². The molecule has 0 fully saturated rings. The van der Waals surface area contributed by atoms with Gasteiger partial charge in [0.1, 0.15) is 11.6 Å². The Morgan fingerprint density at radius 3 is 2.56 bits per heavy atom. The van der Waals surface area contributed by atoms with Crippen molar-refractivity contribution in [2.24, 2.45) is 0 Å². The number of methoxy groups -OCH3 is 1. The molecule has 6 heteroatoms. The van der Waals surface area contributed by atoms with Crippen molar-refractivity contribution in [3.05, 3.63) is 77.2 Å². The van der Waals surface area contributed by atoms with Crippen LogP contribution in [0.5, 0.6) is 5.75 Å². The Labute approximate surface area is 149 Å². The molecule has 4 nitrogen and oxygen atoms in total. The molecule has 0 aliphatic rings. The largest absolute Gasteiger partial charge is 0.497 e. The van der Waals surface area contributed by atoms with Gasteiger partial charge in [-0.25, -0.2) is 4.39 Å². The molecule has 126 valence electrons. The number of nitrogens with one attached hydrogen (secondary N) is 1. The second-order valence-electron chi connectivity index (χ2n) is 5.21. The lowest BCUT2D eigenvalue weighted by molar-refractivity contribution is 0.102. The van der Waals surface area contributed by atoms with E-state index in [1.165, 1.54) is 12.1 Å². The van der Waals surface area contributed by atoms with Crippen LogP contribution in [0, 0.1) is 5.82 Å². The summed E-state index contributed by atoms with van der Waals surface area (Å²) in [6.45, 7) is 0. The Morgan fingerprint density at radius 1 is 1.16 bits per heavy atom. The third-order valence-electron chi connectivity index (χ3n) is 3.59. The highest BCUT2D eigenvalue weighted by molar-refractivity contribution is 6.33. The van der Waals surface area contributed by atoms with E-state index in [-0.39, 0.29) is 5.56 Å². The zero-order chi connectivity index (χ0) is 17.8. The van der Waals surface area contributed by atoms with E-state index >= 15 is 0 Å². The molecule has 1 amide bonds. The molecule has 3 aromatic rings. The summed E-state index contributed by atoms with van der Waals surface area (Å²) in [6.07, 6.45) is 1.57. The molecule has 0 radical (unpaired) electrons. The van der Waals surface area contributed by atoms with Crippen molar-refractivity contribution in [1.82, 2.24) is 4.98 Å². The average Bonchev–Trinajstić information content (AvgIpc) is 2.62. The van der Waals surface area contributed by atoms with Crippen molar-refractivity contribution in [3.63, 3.8) is 0 Å². The first kappa shape index (κ1) is 16.9. The Morgan fingerprint density at radius 2 is 1.92 bits per heavy atom. The number of halogens is 2. The molecule has 0 aliphatic carbocycles. The first-order chi connectivity index (χ1) is 12.1. The van der Waals surface area contributed by atoms with E-state index in [0.29, 0.717) is 27.7 Å². The minimum atomic E-state index is -0.648. The van der Waals surface area contributed by atoms with Crippen LogP contribution < -0.4 is 10.1 Å². The lowest BCUT2D eigenvalue weighted by atomic mass is 10.1. The van der Waals surface area contributed by atoms with Crippen molar-refractivity contribution >= 4 is 23.2 Å². The summed E-state index contributed by atoms with van der Waals surface area (Å²) >= 11 is 6.07. The van der Waals surface area contributed by atoms with Gasteiger partial charge in [0, 0.05) is 17.4 Å². The fraction of sp³-hybridized carbons (Fsp3) is 0.0526. The maximum absolute atomic E-state index is 14.4. The molecule has 1 heterocycles. The smallest absolute Gasteiger partial charge is 0.258 e. The van der Waals surface area contributed by atoms with Gasteiger partial charge >= 0.3 is 0 Å². The topological polar surface area (TPSA) is 51.2 Å². The molecular weight excluding hydrogens is 343 g/mol. The van der Waals surface area contributed by atoms with Gasteiger partial charge in [-0.1, -0.05) is 17.7 Å². The van der Waals surface area contributed by atoms with Gasteiger partial charge in [-0.15, -0.1) is 0 Å². The molecule has 0 saturated carbocycles. The van der Waals surface area contributed by atoms with Gasteiger partial charge in [0.2, 0.25) is 0 Å². The third kappa shape index (κ3) is 3.78. The van der Waals surface area contributed by atoms with Crippen LogP contribution in [-0.4, -0.2) is 18.0 Å². The summed E-state index contributed by atoms with van der Waals surface area (Å²) in [7, 11) is 1.55. The number of anilines is 1. The van der Waals surface area contributed by atoms with Gasteiger partial charge in [-0.3, -0.25) is 9.78 Å². The number of aromatic nitrogens is 1. The lowest BCUT2D eigenvalue weighted by Gasteiger charge is -2.09. The second kappa shape index (κ2) is 7.32. The van der Waals surface area contributed by atoms with Crippen molar-refractivity contribution in [2.45, 2.75) is 0 Å². The first-order valence-electron chi connectivity index (χ1n) is 7.44. The first-order valence-corrected chi connectivity index (χ1v) is 7.82. The van der Waals surface area contributed by atoms with Crippen molar-refractivity contribution < 1.29 is 13.9 Å². The number of pyridine rings is 1. The molecule has 25 heavy (non-hydrogen) atoms. The molecule has 0 unspecified atom stereocenters. The maximum atomic E-state index is 14.4. The van der Waals surface area contributed by atoms with Crippen molar-refractivity contribution in [2.75, 3.05) is 12.4 Å². The lowest BCUT2D eigenvalue weighted by Crippen LogP contribution is -2.13. The van der Waals surface area contributed by atoms with Crippen LogP contribution in [0.25, 0.3) is 11.3 Å². The molecule has 0 bridgehead atoms. The van der Waals surface area contributed by atoms with Crippen LogP contribution in [0.3, 0.4) is 0 Å². The van der Waals surface area contributed by atoms with Crippen LogP contribution >= 0.6 is 11.6 Å². The van der Waals surface area contributed by atoms with E-state index < -0.39 is 11.7 Å². The fourth-order valence-electron chi connectivity index (χ4n) is 2.32. The van der Waals surface area contributed by atoms with E-state index in [4.69, 9.17) is 16.3 Å². The minimum Gasteiger partial charge on any atom is -0.497 e. The molecule has 0 atom stereocenters. The highest BCUT2D eigenvalue weighted by Crippen LogP contribution is 2.27. The van der Waals surface area contributed by atoms with E-state index in [2.05, 4.69) is 10.3 Å². The van der Waals surface area contributed by atoms with Gasteiger partial charge in [-0.2, -0.15) is 0 Å². The van der Waals surface area contributed by atoms with Gasteiger partial charge < -0.3 is 10.1 Å². The van der Waals surface area contributed by atoms with Crippen LogP contribution in [0.1, 0.15) is 10.4 Å². The van der Waals surface area contributed by atoms with E-state index in [9.17, 15) is 9.18 Å². The van der Waals surface area contributed by atoms with Gasteiger partial charge in [0.15, 0.2) is 0 Å². The number of rotatable bonds is 4. The summed E-state index contributed by atoms with van der Waals surface area (Å²) in [6, 6.07) is 14.4. The number of hydrogen-bond acceptors (Lipinski definition) is 3. The number of carbonyl (C=O) groups is 1. The minimum absolute atomic E-state index is 0.0633. The Balaban J connectivity index is 1.82. The molecular formula is C19H14ClFN2O2. The predicted octanol–water partition coefficient (Wildman–Crippen LogP) is 4.80. The van der Waals surface area contributed by atoms with E-state index in [1.54, 1.807) is 55.8 Å². The number of carbonyl (C=O) groups excluding carboxylic acids is 1. The van der Waals surface area contributed by atoms with Crippen LogP contribution in [0.2, 0.25) is 5.02 Å². The Kier molecular flexibility index (Phi) is 4.95.